The van der Waals surface area contributed by atoms with Gasteiger partial charge in [0, 0.05) is 19.2 Å². The van der Waals surface area contributed by atoms with Crippen LogP contribution in [0.2, 0.25) is 0 Å². The molecule has 0 aliphatic carbocycles. The molecule has 3 N–H and O–H groups in total. The van der Waals surface area contributed by atoms with E-state index in [1.54, 1.807) is 32.9 Å². The first-order chi connectivity index (χ1) is 10.6. The Balaban J connectivity index is 2.55. The minimum atomic E-state index is -1.27. The molecule has 0 unspecified atom stereocenters. The molecule has 0 spiro atoms. The molecule has 0 bridgehead atoms. The van der Waals surface area contributed by atoms with Crippen LogP contribution in [0.3, 0.4) is 0 Å². The van der Waals surface area contributed by atoms with Gasteiger partial charge >= 0.3 is 12.2 Å². The third-order valence-corrected chi connectivity index (χ3v) is 2.61. The van der Waals surface area contributed by atoms with Gasteiger partial charge < -0.3 is 15.2 Å². The number of nitrogens with one attached hydrogen (secondary N) is 2. The zero-order chi connectivity index (χ0) is 17.6. The lowest BCUT2D eigenvalue weighted by atomic mass is 10.1. The van der Waals surface area contributed by atoms with Gasteiger partial charge in [-0.15, -0.1) is 0 Å². The molecular weight excluding hydrogens is 302 g/mol. The SMILES string of the molecule is CN(NC(=O)c1ccc(CNC(=O)OC(C)(C)C)cc1)C(=O)O. The van der Waals surface area contributed by atoms with Crippen LogP contribution in [0.25, 0.3) is 0 Å². The van der Waals surface area contributed by atoms with Crippen molar-refractivity contribution < 1.29 is 24.2 Å². The van der Waals surface area contributed by atoms with Gasteiger partial charge in [-0.25, -0.2) is 14.6 Å². The van der Waals surface area contributed by atoms with Crippen LogP contribution < -0.4 is 10.7 Å². The maximum Gasteiger partial charge on any atom is 0.425 e. The Hall–Kier alpha value is -2.77. The van der Waals surface area contributed by atoms with Crippen molar-refractivity contribution in [2.24, 2.45) is 0 Å². The van der Waals surface area contributed by atoms with E-state index in [1.165, 1.54) is 19.2 Å². The van der Waals surface area contributed by atoms with Gasteiger partial charge in [0.1, 0.15) is 5.60 Å². The molecule has 0 radical (unpaired) electrons. The minimum Gasteiger partial charge on any atom is -0.464 e. The Labute approximate surface area is 134 Å². The topological polar surface area (TPSA) is 108 Å². The molecule has 0 aliphatic heterocycles. The number of carboxylic acid groups (broad SMARTS) is 1. The van der Waals surface area contributed by atoms with Crippen LogP contribution in [0.4, 0.5) is 9.59 Å². The van der Waals surface area contributed by atoms with Gasteiger partial charge in [-0.2, -0.15) is 0 Å². The number of hydrogen-bond acceptors (Lipinski definition) is 4. The van der Waals surface area contributed by atoms with E-state index in [0.717, 1.165) is 5.56 Å². The highest BCUT2D eigenvalue weighted by Crippen LogP contribution is 2.08. The molecule has 8 heteroatoms. The first-order valence-electron chi connectivity index (χ1n) is 6.92. The highest BCUT2D eigenvalue weighted by atomic mass is 16.6. The molecule has 0 atom stereocenters. The zero-order valence-corrected chi connectivity index (χ0v) is 13.5. The van der Waals surface area contributed by atoms with E-state index in [2.05, 4.69) is 10.7 Å². The second kappa shape index (κ2) is 7.48. The fourth-order valence-electron chi connectivity index (χ4n) is 1.53. The number of benzene rings is 1. The molecule has 0 aliphatic rings. The van der Waals surface area contributed by atoms with E-state index >= 15 is 0 Å². The van der Waals surface area contributed by atoms with Crippen molar-refractivity contribution in [3.05, 3.63) is 35.4 Å². The highest BCUT2D eigenvalue weighted by Gasteiger charge is 2.16. The quantitative estimate of drug-likeness (QED) is 0.737. The fourth-order valence-corrected chi connectivity index (χ4v) is 1.53. The molecule has 0 heterocycles. The van der Waals surface area contributed by atoms with Crippen molar-refractivity contribution in [2.45, 2.75) is 32.9 Å². The van der Waals surface area contributed by atoms with Gasteiger partial charge in [-0.05, 0) is 38.5 Å². The normalized spacial score (nSPS) is 10.6. The van der Waals surface area contributed by atoms with Crippen LogP contribution in [0.15, 0.2) is 24.3 Å². The van der Waals surface area contributed by atoms with Crippen LogP contribution in [-0.4, -0.2) is 40.9 Å². The van der Waals surface area contributed by atoms with Crippen LogP contribution in [0.5, 0.6) is 0 Å². The molecule has 0 saturated carbocycles. The molecule has 0 saturated heterocycles. The van der Waals surface area contributed by atoms with E-state index in [4.69, 9.17) is 9.84 Å². The molecule has 8 nitrogen and oxygen atoms in total. The summed E-state index contributed by atoms with van der Waals surface area (Å²) >= 11 is 0. The summed E-state index contributed by atoms with van der Waals surface area (Å²) in [6.45, 7) is 5.57. The van der Waals surface area contributed by atoms with Crippen LogP contribution >= 0.6 is 0 Å². The lowest BCUT2D eigenvalue weighted by Gasteiger charge is -2.19. The van der Waals surface area contributed by atoms with Crippen molar-refractivity contribution >= 4 is 18.1 Å². The monoisotopic (exact) mass is 323 g/mol. The Morgan fingerprint density at radius 1 is 1.17 bits per heavy atom. The number of hydrazine groups is 1. The Morgan fingerprint density at radius 2 is 1.74 bits per heavy atom. The van der Waals surface area contributed by atoms with Gasteiger partial charge in [0.05, 0.1) is 0 Å². The van der Waals surface area contributed by atoms with Crippen molar-refractivity contribution in [3.8, 4) is 0 Å². The Bertz CT molecular complexity index is 578. The lowest BCUT2D eigenvalue weighted by Crippen LogP contribution is -2.42. The second-order valence-electron chi connectivity index (χ2n) is 5.83. The van der Waals surface area contributed by atoms with Crippen molar-refractivity contribution in [1.29, 1.82) is 0 Å². The molecule has 23 heavy (non-hydrogen) atoms. The van der Waals surface area contributed by atoms with E-state index in [1.807, 2.05) is 0 Å². The van der Waals surface area contributed by atoms with Crippen molar-refractivity contribution in [3.63, 3.8) is 0 Å². The number of nitrogens with zero attached hydrogens (tertiary/aromatic N) is 1. The molecule has 126 valence electrons. The van der Waals surface area contributed by atoms with Crippen molar-refractivity contribution in [2.75, 3.05) is 7.05 Å². The van der Waals surface area contributed by atoms with Crippen LogP contribution in [0.1, 0.15) is 36.7 Å². The molecule has 0 aromatic heterocycles. The number of hydrogen-bond donors (Lipinski definition) is 3. The Morgan fingerprint density at radius 3 is 2.22 bits per heavy atom. The van der Waals surface area contributed by atoms with E-state index in [0.29, 0.717) is 10.6 Å². The summed E-state index contributed by atoms with van der Waals surface area (Å²) in [6, 6.07) is 6.40. The minimum absolute atomic E-state index is 0.256. The van der Waals surface area contributed by atoms with Gasteiger partial charge in [-0.1, -0.05) is 12.1 Å². The third-order valence-electron chi connectivity index (χ3n) is 2.61. The molecule has 1 aromatic carbocycles. The smallest absolute Gasteiger partial charge is 0.425 e. The number of rotatable bonds is 3. The second-order valence-corrected chi connectivity index (χ2v) is 5.83. The maximum absolute atomic E-state index is 11.8. The fraction of sp³-hybridized carbons (Fsp3) is 0.400. The number of carbonyl (C=O) groups is 3. The Kier molecular flexibility index (Phi) is 5.94. The first-order valence-corrected chi connectivity index (χ1v) is 6.92. The largest absolute Gasteiger partial charge is 0.464 e. The van der Waals surface area contributed by atoms with Crippen molar-refractivity contribution in [1.82, 2.24) is 15.8 Å². The highest BCUT2D eigenvalue weighted by molar-refractivity contribution is 5.94. The van der Waals surface area contributed by atoms with E-state index in [-0.39, 0.29) is 6.54 Å². The first kappa shape index (κ1) is 18.3. The standard InChI is InChI=1S/C15H21N3O5/c1-15(2,3)23-13(20)16-9-10-5-7-11(8-6-10)12(19)17-18(4)14(21)22/h5-8H,9H2,1-4H3,(H,16,20)(H,17,19)(H,21,22). The number of ether oxygens (including phenoxy) is 1. The van der Waals surface area contributed by atoms with Crippen LogP contribution in [-0.2, 0) is 11.3 Å². The summed E-state index contributed by atoms with van der Waals surface area (Å²) in [6.07, 6.45) is -1.79. The zero-order valence-electron chi connectivity index (χ0n) is 13.5. The lowest BCUT2D eigenvalue weighted by molar-refractivity contribution is 0.0523. The summed E-state index contributed by atoms with van der Waals surface area (Å²) in [5.74, 6) is -0.540. The molecular formula is C15H21N3O5. The van der Waals surface area contributed by atoms with E-state index in [9.17, 15) is 14.4 Å². The summed E-state index contributed by atoms with van der Waals surface area (Å²) in [5, 5.41) is 12.0. The molecule has 3 amide bonds. The average molecular weight is 323 g/mol. The predicted octanol–water partition coefficient (Wildman–Crippen LogP) is 1.97. The number of alkyl carbamates (subject to hydrolysis) is 1. The maximum atomic E-state index is 11.8. The van der Waals surface area contributed by atoms with Gasteiger partial charge in [0.2, 0.25) is 0 Å². The molecule has 1 aromatic rings. The van der Waals surface area contributed by atoms with Gasteiger partial charge in [0.15, 0.2) is 0 Å². The summed E-state index contributed by atoms with van der Waals surface area (Å²) < 4.78 is 5.11. The molecule has 1 rings (SSSR count). The number of amides is 3. The third kappa shape index (κ3) is 6.68. The summed E-state index contributed by atoms with van der Waals surface area (Å²) in [4.78, 5) is 33.9. The summed E-state index contributed by atoms with van der Waals surface area (Å²) in [5.41, 5.74) is 2.71. The predicted molar refractivity (Wildman–Crippen MR) is 82.8 cm³/mol. The van der Waals surface area contributed by atoms with Gasteiger partial charge in [0.25, 0.3) is 5.91 Å². The molecule has 0 fully saturated rings. The van der Waals surface area contributed by atoms with Crippen LogP contribution in [0, 0.1) is 0 Å². The summed E-state index contributed by atoms with van der Waals surface area (Å²) in [7, 11) is 1.22. The average Bonchev–Trinajstić information content (AvgIpc) is 2.43. The number of carbonyl (C=O) groups excluding carboxylic acids is 2. The van der Waals surface area contributed by atoms with Gasteiger partial charge in [-0.3, -0.25) is 10.2 Å². The van der Waals surface area contributed by atoms with E-state index < -0.39 is 23.7 Å².